The Kier molecular flexibility index (Phi) is 6.19. The Morgan fingerprint density at radius 1 is 1.53 bits per heavy atom. The Hall–Kier alpha value is -1.19. The highest BCUT2D eigenvalue weighted by Crippen LogP contribution is 2.12. The van der Waals surface area contributed by atoms with E-state index in [2.05, 4.69) is 20.0 Å². The van der Waals surface area contributed by atoms with Crippen molar-refractivity contribution in [3.05, 3.63) is 23.9 Å². The van der Waals surface area contributed by atoms with Crippen molar-refractivity contribution in [1.29, 1.82) is 0 Å². The maximum atomic E-state index is 12.0. The van der Waals surface area contributed by atoms with Crippen molar-refractivity contribution in [3.8, 4) is 5.88 Å². The van der Waals surface area contributed by atoms with E-state index in [-0.39, 0.29) is 29.9 Å². The highest BCUT2D eigenvalue weighted by Gasteiger charge is 2.11. The number of halogens is 3. The van der Waals surface area contributed by atoms with E-state index in [9.17, 15) is 8.78 Å². The first-order valence-electron chi connectivity index (χ1n) is 5.54. The Bertz CT molecular complexity index is 444. The molecule has 1 N–H and O–H groups in total. The van der Waals surface area contributed by atoms with Gasteiger partial charge in [-0.25, -0.2) is 4.98 Å². The third-order valence-corrected chi connectivity index (χ3v) is 2.52. The molecule has 2 heterocycles. The van der Waals surface area contributed by atoms with E-state index in [1.54, 1.807) is 6.07 Å². The van der Waals surface area contributed by atoms with Crippen LogP contribution in [0.5, 0.6) is 5.88 Å². The van der Waals surface area contributed by atoms with Gasteiger partial charge in [-0.3, -0.25) is 4.99 Å². The first kappa shape index (κ1) is 15.9. The van der Waals surface area contributed by atoms with Crippen LogP contribution < -0.4 is 10.1 Å². The van der Waals surface area contributed by atoms with Crippen molar-refractivity contribution < 1.29 is 13.5 Å². The Morgan fingerprint density at radius 3 is 2.95 bits per heavy atom. The molecule has 0 aromatic carbocycles. The fourth-order valence-corrected chi connectivity index (χ4v) is 1.62. The van der Waals surface area contributed by atoms with E-state index in [1.165, 1.54) is 12.3 Å². The lowest BCUT2D eigenvalue weighted by atomic mass is 10.2. The number of aliphatic imine (C=N–C) groups is 1. The smallest absolute Gasteiger partial charge is 0.388 e. The van der Waals surface area contributed by atoms with Crippen molar-refractivity contribution in [2.24, 2.45) is 4.99 Å². The number of ether oxygens (including phenoxy) is 1. The number of likely N-dealkylation sites (N-methyl/N-ethyl adjacent to an activating group) is 1. The Labute approximate surface area is 127 Å². The topological polar surface area (TPSA) is 49.8 Å². The Morgan fingerprint density at radius 2 is 2.32 bits per heavy atom. The van der Waals surface area contributed by atoms with Gasteiger partial charge in [0, 0.05) is 32.4 Å². The van der Waals surface area contributed by atoms with Gasteiger partial charge < -0.3 is 15.0 Å². The zero-order valence-corrected chi connectivity index (χ0v) is 12.7. The van der Waals surface area contributed by atoms with Gasteiger partial charge in [-0.15, -0.1) is 24.0 Å². The molecule has 0 radical (unpaired) electrons. The molecule has 19 heavy (non-hydrogen) atoms. The van der Waals surface area contributed by atoms with E-state index in [0.29, 0.717) is 6.54 Å². The zero-order valence-electron chi connectivity index (χ0n) is 10.3. The summed E-state index contributed by atoms with van der Waals surface area (Å²) in [5.74, 6) is 0.731. The van der Waals surface area contributed by atoms with Gasteiger partial charge in [0.2, 0.25) is 5.88 Å². The summed E-state index contributed by atoms with van der Waals surface area (Å²) in [6, 6.07) is 3.22. The molecule has 8 heteroatoms. The van der Waals surface area contributed by atoms with Crippen LogP contribution in [0.25, 0.3) is 0 Å². The highest BCUT2D eigenvalue weighted by atomic mass is 127. The van der Waals surface area contributed by atoms with Crippen LogP contribution in [0.4, 0.5) is 8.78 Å². The number of alkyl halides is 2. The average Bonchev–Trinajstić information content (AvgIpc) is 2.72. The lowest BCUT2D eigenvalue weighted by molar-refractivity contribution is -0.0528. The van der Waals surface area contributed by atoms with Crippen molar-refractivity contribution in [2.75, 3.05) is 20.1 Å². The molecule has 1 aliphatic heterocycles. The average molecular weight is 384 g/mol. The van der Waals surface area contributed by atoms with Gasteiger partial charge >= 0.3 is 6.61 Å². The maximum Gasteiger partial charge on any atom is 0.388 e. The van der Waals surface area contributed by atoms with E-state index < -0.39 is 6.61 Å². The lowest BCUT2D eigenvalue weighted by Gasteiger charge is -2.15. The molecular formula is C11H15F2IN4O. The SMILES string of the molecule is CN1CCN=C1NCc1ccnc(OC(F)F)c1.I. The summed E-state index contributed by atoms with van der Waals surface area (Å²) in [6.07, 6.45) is 1.44. The number of pyridine rings is 1. The molecule has 0 unspecified atom stereocenters. The zero-order chi connectivity index (χ0) is 13.0. The summed E-state index contributed by atoms with van der Waals surface area (Å²) >= 11 is 0. The molecule has 0 bridgehead atoms. The van der Waals surface area contributed by atoms with E-state index in [4.69, 9.17) is 0 Å². The molecule has 1 aliphatic rings. The second kappa shape index (κ2) is 7.41. The summed E-state index contributed by atoms with van der Waals surface area (Å²) < 4.78 is 28.3. The predicted molar refractivity (Wildman–Crippen MR) is 78.1 cm³/mol. The third kappa shape index (κ3) is 4.77. The Balaban J connectivity index is 0.00000180. The molecule has 0 atom stereocenters. The number of rotatable bonds is 4. The van der Waals surface area contributed by atoms with Crippen LogP contribution >= 0.6 is 24.0 Å². The molecule has 0 saturated carbocycles. The summed E-state index contributed by atoms with van der Waals surface area (Å²) in [4.78, 5) is 9.97. The number of nitrogens with one attached hydrogen (secondary N) is 1. The van der Waals surface area contributed by atoms with Crippen LogP contribution in [-0.4, -0.2) is 42.6 Å². The van der Waals surface area contributed by atoms with Gasteiger partial charge in [-0.05, 0) is 11.6 Å². The van der Waals surface area contributed by atoms with E-state index in [0.717, 1.165) is 24.6 Å². The monoisotopic (exact) mass is 384 g/mol. The first-order valence-corrected chi connectivity index (χ1v) is 5.54. The van der Waals surface area contributed by atoms with Crippen molar-refractivity contribution in [2.45, 2.75) is 13.2 Å². The molecule has 0 spiro atoms. The van der Waals surface area contributed by atoms with Crippen LogP contribution in [0.15, 0.2) is 23.3 Å². The van der Waals surface area contributed by atoms with E-state index >= 15 is 0 Å². The molecule has 1 aromatic rings. The summed E-state index contributed by atoms with van der Waals surface area (Å²) in [5, 5.41) is 3.13. The van der Waals surface area contributed by atoms with Gasteiger partial charge in [0.15, 0.2) is 5.96 Å². The fourth-order valence-electron chi connectivity index (χ4n) is 1.62. The van der Waals surface area contributed by atoms with Crippen molar-refractivity contribution in [1.82, 2.24) is 15.2 Å². The minimum atomic E-state index is -2.86. The summed E-state index contributed by atoms with van der Waals surface area (Å²) in [7, 11) is 1.94. The maximum absolute atomic E-state index is 12.0. The summed E-state index contributed by atoms with van der Waals surface area (Å²) in [5.41, 5.74) is 0.809. The number of nitrogens with zero attached hydrogens (tertiary/aromatic N) is 3. The highest BCUT2D eigenvalue weighted by molar-refractivity contribution is 14.0. The van der Waals surface area contributed by atoms with Gasteiger partial charge in [-0.1, -0.05) is 0 Å². The van der Waals surface area contributed by atoms with Gasteiger partial charge in [-0.2, -0.15) is 8.78 Å². The molecule has 0 fully saturated rings. The molecule has 0 saturated heterocycles. The molecule has 2 rings (SSSR count). The second-order valence-electron chi connectivity index (χ2n) is 3.86. The van der Waals surface area contributed by atoms with Gasteiger partial charge in [0.05, 0.1) is 6.54 Å². The van der Waals surface area contributed by atoms with Crippen LogP contribution in [0.3, 0.4) is 0 Å². The van der Waals surface area contributed by atoms with Crippen LogP contribution in [0, 0.1) is 0 Å². The lowest BCUT2D eigenvalue weighted by Crippen LogP contribution is -2.35. The molecule has 0 aliphatic carbocycles. The molecule has 106 valence electrons. The molecular weight excluding hydrogens is 369 g/mol. The van der Waals surface area contributed by atoms with Gasteiger partial charge in [0.1, 0.15) is 0 Å². The predicted octanol–water partition coefficient (Wildman–Crippen LogP) is 1.69. The number of hydrogen-bond donors (Lipinski definition) is 1. The normalized spacial score (nSPS) is 14.1. The largest absolute Gasteiger partial charge is 0.417 e. The van der Waals surface area contributed by atoms with Crippen molar-refractivity contribution in [3.63, 3.8) is 0 Å². The number of guanidine groups is 1. The molecule has 5 nitrogen and oxygen atoms in total. The number of hydrogen-bond acceptors (Lipinski definition) is 5. The fraction of sp³-hybridized carbons (Fsp3) is 0.455. The van der Waals surface area contributed by atoms with Gasteiger partial charge in [0.25, 0.3) is 0 Å². The van der Waals surface area contributed by atoms with Crippen LogP contribution in [0.1, 0.15) is 5.56 Å². The van der Waals surface area contributed by atoms with Crippen LogP contribution in [0.2, 0.25) is 0 Å². The van der Waals surface area contributed by atoms with Crippen LogP contribution in [-0.2, 0) is 6.54 Å². The second-order valence-corrected chi connectivity index (χ2v) is 3.86. The standard InChI is InChI=1S/C11H14F2N4O.HI/c1-17-5-4-15-11(17)16-7-8-2-3-14-9(6-8)18-10(12)13;/h2-3,6,10H,4-5,7H2,1H3,(H,15,16);1H. The first-order chi connectivity index (χ1) is 8.65. The van der Waals surface area contributed by atoms with Crippen molar-refractivity contribution >= 4 is 29.9 Å². The molecule has 1 aromatic heterocycles. The third-order valence-electron chi connectivity index (χ3n) is 2.52. The minimum absolute atomic E-state index is 0. The number of aromatic nitrogens is 1. The minimum Gasteiger partial charge on any atom is -0.417 e. The molecule has 0 amide bonds. The summed E-state index contributed by atoms with van der Waals surface area (Å²) in [6.45, 7) is -0.704. The van der Waals surface area contributed by atoms with E-state index in [1.807, 2.05) is 11.9 Å². The quantitative estimate of drug-likeness (QED) is 0.803.